The number of nitrogens with two attached hydrogens (primary N) is 1. The number of amides is 1. The van der Waals surface area contributed by atoms with Crippen molar-refractivity contribution in [3.63, 3.8) is 0 Å². The number of rotatable bonds is 9. The van der Waals surface area contributed by atoms with Gasteiger partial charge in [0.05, 0.1) is 45.6 Å². The number of benzene rings is 2. The molecule has 0 bridgehead atoms. The number of aromatic nitrogens is 2. The molecule has 34 heavy (non-hydrogen) atoms. The predicted octanol–water partition coefficient (Wildman–Crippen LogP) is 2.63. The van der Waals surface area contributed by atoms with Gasteiger partial charge in [-0.15, -0.1) is 0 Å². The minimum atomic E-state index is -0.00379. The van der Waals surface area contributed by atoms with Crippen LogP contribution in [-0.4, -0.2) is 74.5 Å². The van der Waals surface area contributed by atoms with Crippen LogP contribution in [0.25, 0.3) is 11.0 Å². The second-order valence-electron chi connectivity index (χ2n) is 7.88. The number of imidazole rings is 1. The Labute approximate surface area is 198 Å². The molecule has 0 spiro atoms. The number of carbonyl (C=O) groups excluding carboxylic acids is 1. The minimum absolute atomic E-state index is 0.00379. The Kier molecular flexibility index (Phi) is 7.39. The summed E-state index contributed by atoms with van der Waals surface area (Å²) < 4.78 is 23.8. The topological polar surface area (TPSA) is 113 Å². The number of fused-ring (bicyclic) bond motifs is 1. The summed E-state index contributed by atoms with van der Waals surface area (Å²) in [6, 6.07) is 9.24. The van der Waals surface area contributed by atoms with Gasteiger partial charge in [0.25, 0.3) is 5.91 Å². The molecule has 1 fully saturated rings. The van der Waals surface area contributed by atoms with Crippen molar-refractivity contribution >= 4 is 28.6 Å². The van der Waals surface area contributed by atoms with Crippen LogP contribution in [0, 0.1) is 0 Å². The van der Waals surface area contributed by atoms with E-state index in [2.05, 4.69) is 5.32 Å². The van der Waals surface area contributed by atoms with Crippen LogP contribution >= 0.6 is 0 Å². The van der Waals surface area contributed by atoms with Gasteiger partial charge in [0.1, 0.15) is 0 Å². The summed E-state index contributed by atoms with van der Waals surface area (Å²) in [4.78, 5) is 19.6. The van der Waals surface area contributed by atoms with Gasteiger partial charge in [0, 0.05) is 43.0 Å². The third kappa shape index (κ3) is 4.73. The standard InChI is InChI=1S/C24H31N5O5/c1-31-20-14-17(15-21(32-2)22(20)33-3)26-24-27-18-6-5-16(13-19(18)29(24)8-4-7-25)23(30)28-9-11-34-12-10-28/h5-6,13-15H,4,7-12,25H2,1-3H3,(H,26,27). The maximum Gasteiger partial charge on any atom is 0.254 e. The highest BCUT2D eigenvalue weighted by atomic mass is 16.5. The van der Waals surface area contributed by atoms with Crippen LogP contribution in [0.3, 0.4) is 0 Å². The molecular formula is C24H31N5O5. The van der Waals surface area contributed by atoms with Crippen molar-refractivity contribution in [2.24, 2.45) is 5.73 Å². The number of hydrogen-bond donors (Lipinski definition) is 2. The number of methoxy groups -OCH3 is 3. The average Bonchev–Trinajstić information content (AvgIpc) is 3.22. The van der Waals surface area contributed by atoms with Gasteiger partial charge in [-0.3, -0.25) is 4.79 Å². The molecular weight excluding hydrogens is 438 g/mol. The lowest BCUT2D eigenvalue weighted by Crippen LogP contribution is -2.40. The van der Waals surface area contributed by atoms with Crippen molar-refractivity contribution in [2.75, 3.05) is 59.5 Å². The van der Waals surface area contributed by atoms with Crippen LogP contribution in [0.5, 0.6) is 17.2 Å². The molecule has 1 aromatic heterocycles. The highest BCUT2D eigenvalue weighted by Crippen LogP contribution is 2.40. The van der Waals surface area contributed by atoms with Gasteiger partial charge in [0.2, 0.25) is 11.7 Å². The summed E-state index contributed by atoms with van der Waals surface area (Å²) in [7, 11) is 4.71. The van der Waals surface area contributed by atoms with E-state index >= 15 is 0 Å². The molecule has 1 saturated heterocycles. The zero-order valence-corrected chi connectivity index (χ0v) is 19.8. The molecule has 0 aliphatic carbocycles. The van der Waals surface area contributed by atoms with Crippen LogP contribution in [-0.2, 0) is 11.3 Å². The third-order valence-corrected chi connectivity index (χ3v) is 5.80. The SMILES string of the molecule is COc1cc(Nc2nc3ccc(C(=O)N4CCOCC4)cc3n2CCCN)cc(OC)c1OC. The zero-order chi connectivity index (χ0) is 24.1. The lowest BCUT2D eigenvalue weighted by atomic mass is 10.1. The van der Waals surface area contributed by atoms with Gasteiger partial charge < -0.3 is 39.5 Å². The fourth-order valence-electron chi connectivity index (χ4n) is 4.06. The van der Waals surface area contributed by atoms with Crippen molar-refractivity contribution in [3.05, 3.63) is 35.9 Å². The van der Waals surface area contributed by atoms with Gasteiger partial charge in [-0.1, -0.05) is 0 Å². The van der Waals surface area contributed by atoms with E-state index in [1.165, 1.54) is 0 Å². The van der Waals surface area contributed by atoms with Crippen molar-refractivity contribution in [3.8, 4) is 17.2 Å². The van der Waals surface area contributed by atoms with Gasteiger partial charge in [-0.25, -0.2) is 4.98 Å². The summed E-state index contributed by atoms with van der Waals surface area (Å²) >= 11 is 0. The summed E-state index contributed by atoms with van der Waals surface area (Å²) in [5, 5.41) is 3.37. The lowest BCUT2D eigenvalue weighted by Gasteiger charge is -2.26. The molecule has 2 aromatic carbocycles. The van der Waals surface area contributed by atoms with Gasteiger partial charge >= 0.3 is 0 Å². The van der Waals surface area contributed by atoms with E-state index in [0.29, 0.717) is 68.2 Å². The number of ether oxygens (including phenoxy) is 4. The monoisotopic (exact) mass is 469 g/mol. The Bertz CT molecular complexity index is 1130. The number of hydrogen-bond acceptors (Lipinski definition) is 8. The molecule has 0 radical (unpaired) electrons. The minimum Gasteiger partial charge on any atom is -0.493 e. The van der Waals surface area contributed by atoms with E-state index in [-0.39, 0.29) is 5.91 Å². The van der Waals surface area contributed by atoms with Crippen molar-refractivity contribution in [1.29, 1.82) is 0 Å². The highest BCUT2D eigenvalue weighted by Gasteiger charge is 2.21. The summed E-state index contributed by atoms with van der Waals surface area (Å²) in [5.74, 6) is 2.21. The van der Waals surface area contributed by atoms with Gasteiger partial charge in [-0.2, -0.15) is 0 Å². The van der Waals surface area contributed by atoms with E-state index in [4.69, 9.17) is 29.7 Å². The van der Waals surface area contributed by atoms with Gasteiger partial charge in [-0.05, 0) is 31.2 Å². The first-order chi connectivity index (χ1) is 16.6. The van der Waals surface area contributed by atoms with E-state index in [9.17, 15) is 4.79 Å². The van der Waals surface area contributed by atoms with E-state index in [1.807, 2.05) is 39.8 Å². The number of nitrogens with one attached hydrogen (secondary N) is 1. The second-order valence-corrected chi connectivity index (χ2v) is 7.88. The fraction of sp³-hybridized carbons (Fsp3) is 0.417. The zero-order valence-electron chi connectivity index (χ0n) is 19.8. The predicted molar refractivity (Wildman–Crippen MR) is 130 cm³/mol. The van der Waals surface area contributed by atoms with Crippen molar-refractivity contribution in [2.45, 2.75) is 13.0 Å². The fourth-order valence-corrected chi connectivity index (χ4v) is 4.06. The summed E-state index contributed by atoms with van der Waals surface area (Å²) in [6.07, 6.45) is 0.761. The molecule has 1 aliphatic rings. The molecule has 10 nitrogen and oxygen atoms in total. The third-order valence-electron chi connectivity index (χ3n) is 5.80. The largest absolute Gasteiger partial charge is 0.493 e. The molecule has 10 heteroatoms. The molecule has 0 unspecified atom stereocenters. The molecule has 1 aliphatic heterocycles. The Morgan fingerprint density at radius 1 is 1.09 bits per heavy atom. The number of anilines is 2. The molecule has 0 atom stereocenters. The highest BCUT2D eigenvalue weighted by molar-refractivity contribution is 5.98. The molecule has 1 amide bonds. The Morgan fingerprint density at radius 2 is 1.79 bits per heavy atom. The smallest absolute Gasteiger partial charge is 0.254 e. The summed E-state index contributed by atoms with van der Waals surface area (Å²) in [6.45, 7) is 3.50. The van der Waals surface area contributed by atoms with E-state index in [0.717, 1.165) is 23.1 Å². The number of nitrogens with zero attached hydrogens (tertiary/aromatic N) is 3. The maximum absolute atomic E-state index is 13.0. The van der Waals surface area contributed by atoms with Gasteiger partial charge in [0.15, 0.2) is 11.5 Å². The van der Waals surface area contributed by atoms with E-state index < -0.39 is 0 Å². The Hall–Kier alpha value is -3.50. The van der Waals surface area contributed by atoms with Crippen LogP contribution < -0.4 is 25.3 Å². The first-order valence-electron chi connectivity index (χ1n) is 11.2. The number of aryl methyl sites for hydroxylation is 1. The normalized spacial score (nSPS) is 13.7. The van der Waals surface area contributed by atoms with Crippen LogP contribution in [0.1, 0.15) is 16.8 Å². The second kappa shape index (κ2) is 10.6. The molecule has 4 rings (SSSR count). The lowest BCUT2D eigenvalue weighted by molar-refractivity contribution is 0.0303. The molecule has 3 aromatic rings. The number of carbonyl (C=O) groups is 1. The molecule has 182 valence electrons. The van der Waals surface area contributed by atoms with Crippen molar-refractivity contribution in [1.82, 2.24) is 14.5 Å². The van der Waals surface area contributed by atoms with Crippen LogP contribution in [0.15, 0.2) is 30.3 Å². The van der Waals surface area contributed by atoms with Crippen molar-refractivity contribution < 1.29 is 23.7 Å². The summed E-state index contributed by atoms with van der Waals surface area (Å²) in [5.41, 5.74) is 8.80. The molecule has 0 saturated carbocycles. The quantitative estimate of drug-likeness (QED) is 0.492. The van der Waals surface area contributed by atoms with E-state index in [1.54, 1.807) is 21.3 Å². The molecule has 2 heterocycles. The van der Waals surface area contributed by atoms with Crippen LogP contribution in [0.2, 0.25) is 0 Å². The number of morpholine rings is 1. The molecule has 3 N–H and O–H groups in total. The average molecular weight is 470 g/mol. The first kappa shape index (κ1) is 23.7. The maximum atomic E-state index is 13.0. The Morgan fingerprint density at radius 3 is 2.41 bits per heavy atom. The van der Waals surface area contributed by atoms with Crippen LogP contribution in [0.4, 0.5) is 11.6 Å². The Balaban J connectivity index is 1.72. The first-order valence-corrected chi connectivity index (χ1v) is 11.2.